The molecule has 0 saturated carbocycles. The van der Waals surface area contributed by atoms with Crippen molar-refractivity contribution in [2.45, 2.75) is 13.5 Å². The van der Waals surface area contributed by atoms with Gasteiger partial charge in [0.2, 0.25) is 0 Å². The number of rotatable bonds is 6. The zero-order valence-electron chi connectivity index (χ0n) is 14.5. The molecule has 1 amide bonds. The number of carbonyl (C=O) groups is 1. The van der Waals surface area contributed by atoms with Crippen LogP contribution < -0.4 is 15.0 Å². The summed E-state index contributed by atoms with van der Waals surface area (Å²) in [6.45, 7) is 6.40. The van der Waals surface area contributed by atoms with Gasteiger partial charge in [-0.1, -0.05) is 12.1 Å². The first-order chi connectivity index (χ1) is 12.3. The molecule has 5 nitrogen and oxygen atoms in total. The van der Waals surface area contributed by atoms with Gasteiger partial charge in [-0.25, -0.2) is 0 Å². The Kier molecular flexibility index (Phi) is 5.90. The molecule has 2 aromatic carbocycles. The summed E-state index contributed by atoms with van der Waals surface area (Å²) >= 11 is 0. The summed E-state index contributed by atoms with van der Waals surface area (Å²) in [6.07, 6.45) is 0. The summed E-state index contributed by atoms with van der Waals surface area (Å²) < 4.78 is 10.8. The second kappa shape index (κ2) is 8.53. The fourth-order valence-electron chi connectivity index (χ4n) is 2.80. The zero-order valence-corrected chi connectivity index (χ0v) is 14.5. The average molecular weight is 340 g/mol. The molecule has 0 spiro atoms. The molecule has 25 heavy (non-hydrogen) atoms. The highest BCUT2D eigenvalue weighted by Crippen LogP contribution is 2.17. The van der Waals surface area contributed by atoms with E-state index >= 15 is 0 Å². The largest absolute Gasteiger partial charge is 0.494 e. The van der Waals surface area contributed by atoms with Gasteiger partial charge in [0.1, 0.15) is 5.75 Å². The lowest BCUT2D eigenvalue weighted by atomic mass is 10.1. The van der Waals surface area contributed by atoms with Crippen LogP contribution in [0.1, 0.15) is 22.8 Å². The summed E-state index contributed by atoms with van der Waals surface area (Å²) in [5.41, 5.74) is 2.84. The minimum absolute atomic E-state index is 0.0672. The lowest BCUT2D eigenvalue weighted by Gasteiger charge is -2.28. The number of benzene rings is 2. The van der Waals surface area contributed by atoms with Crippen molar-refractivity contribution < 1.29 is 14.3 Å². The number of anilines is 1. The van der Waals surface area contributed by atoms with E-state index in [-0.39, 0.29) is 5.91 Å². The predicted octanol–water partition coefficient (Wildman–Crippen LogP) is 2.85. The molecule has 0 radical (unpaired) electrons. The summed E-state index contributed by atoms with van der Waals surface area (Å²) in [7, 11) is 0. The van der Waals surface area contributed by atoms with E-state index in [4.69, 9.17) is 9.47 Å². The maximum Gasteiger partial charge on any atom is 0.251 e. The Morgan fingerprint density at radius 2 is 1.76 bits per heavy atom. The maximum atomic E-state index is 12.3. The second-order valence-electron chi connectivity index (χ2n) is 5.91. The smallest absolute Gasteiger partial charge is 0.251 e. The van der Waals surface area contributed by atoms with Crippen LogP contribution in [0.5, 0.6) is 5.75 Å². The van der Waals surface area contributed by atoms with Crippen molar-refractivity contribution in [2.75, 3.05) is 37.8 Å². The SMILES string of the molecule is CCOc1ccc(CNC(=O)c2ccc(N3CCOCC3)cc2)cc1. The molecule has 1 aliphatic rings. The highest BCUT2D eigenvalue weighted by molar-refractivity contribution is 5.94. The van der Waals surface area contributed by atoms with Gasteiger partial charge in [-0.3, -0.25) is 4.79 Å². The molecule has 1 heterocycles. The van der Waals surface area contributed by atoms with Gasteiger partial charge in [-0.05, 0) is 48.9 Å². The number of nitrogens with zero attached hydrogens (tertiary/aromatic N) is 1. The third-order valence-corrected chi connectivity index (χ3v) is 4.19. The molecule has 0 atom stereocenters. The Morgan fingerprint density at radius 1 is 1.08 bits per heavy atom. The Bertz CT molecular complexity index is 677. The standard InChI is InChI=1S/C20H24N2O3/c1-2-25-19-9-3-16(4-10-19)15-21-20(23)17-5-7-18(8-6-17)22-11-13-24-14-12-22/h3-10H,2,11-15H2,1H3,(H,21,23). The van der Waals surface area contributed by atoms with E-state index in [9.17, 15) is 4.79 Å². The zero-order chi connectivity index (χ0) is 17.5. The molecule has 1 aliphatic heterocycles. The van der Waals surface area contributed by atoms with E-state index in [2.05, 4.69) is 10.2 Å². The van der Waals surface area contributed by atoms with Gasteiger partial charge in [0.05, 0.1) is 19.8 Å². The van der Waals surface area contributed by atoms with E-state index in [1.807, 2.05) is 55.5 Å². The third-order valence-electron chi connectivity index (χ3n) is 4.19. The molecule has 2 aromatic rings. The second-order valence-corrected chi connectivity index (χ2v) is 5.91. The Labute approximate surface area is 148 Å². The van der Waals surface area contributed by atoms with E-state index in [0.29, 0.717) is 18.7 Å². The Balaban J connectivity index is 1.53. The number of amides is 1. The van der Waals surface area contributed by atoms with Crippen molar-refractivity contribution in [1.29, 1.82) is 0 Å². The highest BCUT2D eigenvalue weighted by atomic mass is 16.5. The number of nitrogens with one attached hydrogen (secondary N) is 1. The molecular weight excluding hydrogens is 316 g/mol. The first kappa shape index (κ1) is 17.3. The first-order valence-corrected chi connectivity index (χ1v) is 8.69. The Hall–Kier alpha value is -2.53. The molecule has 1 saturated heterocycles. The molecule has 5 heteroatoms. The van der Waals surface area contributed by atoms with E-state index in [1.165, 1.54) is 0 Å². The van der Waals surface area contributed by atoms with Crippen LogP contribution in [-0.4, -0.2) is 38.8 Å². The summed E-state index contributed by atoms with van der Waals surface area (Å²) in [4.78, 5) is 14.6. The van der Waals surface area contributed by atoms with Gasteiger partial charge in [-0.15, -0.1) is 0 Å². The van der Waals surface area contributed by atoms with E-state index < -0.39 is 0 Å². The van der Waals surface area contributed by atoms with Gasteiger partial charge >= 0.3 is 0 Å². The summed E-state index contributed by atoms with van der Waals surface area (Å²) in [5.74, 6) is 0.777. The van der Waals surface area contributed by atoms with Crippen molar-refractivity contribution in [1.82, 2.24) is 5.32 Å². The van der Waals surface area contributed by atoms with Crippen LogP contribution >= 0.6 is 0 Å². The minimum atomic E-state index is -0.0672. The number of ether oxygens (including phenoxy) is 2. The van der Waals surface area contributed by atoms with Crippen molar-refractivity contribution in [3.05, 3.63) is 59.7 Å². The molecular formula is C20H24N2O3. The third kappa shape index (κ3) is 4.73. The number of hydrogen-bond donors (Lipinski definition) is 1. The van der Waals surface area contributed by atoms with Crippen LogP contribution in [0.15, 0.2) is 48.5 Å². The fourth-order valence-corrected chi connectivity index (χ4v) is 2.80. The molecule has 132 valence electrons. The van der Waals surface area contributed by atoms with Gasteiger partial charge in [0.15, 0.2) is 0 Å². The van der Waals surface area contributed by atoms with Crippen molar-refractivity contribution >= 4 is 11.6 Å². The molecule has 0 bridgehead atoms. The van der Waals surface area contributed by atoms with Crippen molar-refractivity contribution in [3.8, 4) is 5.75 Å². The van der Waals surface area contributed by atoms with Crippen LogP contribution in [0, 0.1) is 0 Å². The van der Waals surface area contributed by atoms with Crippen LogP contribution in [-0.2, 0) is 11.3 Å². The van der Waals surface area contributed by atoms with E-state index in [1.54, 1.807) is 0 Å². The lowest BCUT2D eigenvalue weighted by molar-refractivity contribution is 0.0951. The molecule has 1 fully saturated rings. The number of morpholine rings is 1. The quantitative estimate of drug-likeness (QED) is 0.878. The maximum absolute atomic E-state index is 12.3. The Morgan fingerprint density at radius 3 is 2.40 bits per heavy atom. The van der Waals surface area contributed by atoms with Gasteiger partial charge in [0.25, 0.3) is 5.91 Å². The first-order valence-electron chi connectivity index (χ1n) is 8.69. The van der Waals surface area contributed by atoms with Crippen molar-refractivity contribution in [3.63, 3.8) is 0 Å². The molecule has 0 aromatic heterocycles. The van der Waals surface area contributed by atoms with Crippen molar-refractivity contribution in [2.24, 2.45) is 0 Å². The highest BCUT2D eigenvalue weighted by Gasteiger charge is 2.12. The summed E-state index contributed by atoms with van der Waals surface area (Å²) in [6, 6.07) is 15.5. The summed E-state index contributed by atoms with van der Waals surface area (Å²) in [5, 5.41) is 2.95. The predicted molar refractivity (Wildman–Crippen MR) is 98.3 cm³/mol. The van der Waals surface area contributed by atoms with Gasteiger partial charge < -0.3 is 19.7 Å². The van der Waals surface area contributed by atoms with Crippen LogP contribution in [0.3, 0.4) is 0 Å². The average Bonchev–Trinajstić information content (AvgIpc) is 2.68. The monoisotopic (exact) mass is 340 g/mol. The van der Waals surface area contributed by atoms with Crippen LogP contribution in [0.4, 0.5) is 5.69 Å². The van der Waals surface area contributed by atoms with Crippen LogP contribution in [0.25, 0.3) is 0 Å². The van der Waals surface area contributed by atoms with Gasteiger partial charge in [0, 0.05) is 30.9 Å². The van der Waals surface area contributed by atoms with Gasteiger partial charge in [-0.2, -0.15) is 0 Å². The lowest BCUT2D eigenvalue weighted by Crippen LogP contribution is -2.36. The normalized spacial score (nSPS) is 14.2. The molecule has 1 N–H and O–H groups in total. The minimum Gasteiger partial charge on any atom is -0.494 e. The topological polar surface area (TPSA) is 50.8 Å². The fraction of sp³-hybridized carbons (Fsp3) is 0.350. The number of carbonyl (C=O) groups excluding carboxylic acids is 1. The molecule has 0 aliphatic carbocycles. The molecule has 3 rings (SSSR count). The van der Waals surface area contributed by atoms with Crippen LogP contribution in [0.2, 0.25) is 0 Å². The molecule has 0 unspecified atom stereocenters. The van der Waals surface area contributed by atoms with E-state index in [0.717, 1.165) is 43.3 Å². The number of hydrogen-bond acceptors (Lipinski definition) is 4.